The fourth-order valence-electron chi connectivity index (χ4n) is 4.21. The van der Waals surface area contributed by atoms with E-state index < -0.39 is 0 Å². The molecule has 3 heterocycles. The van der Waals surface area contributed by atoms with Gasteiger partial charge in [-0.05, 0) is 57.2 Å². The molecule has 1 saturated heterocycles. The smallest absolute Gasteiger partial charge is 0.190 e. The van der Waals surface area contributed by atoms with Crippen LogP contribution >= 0.6 is 0 Å². The average molecular weight is 401 g/mol. The number of hydrogen-bond donors (Lipinski definition) is 0. The van der Waals surface area contributed by atoms with Gasteiger partial charge in [0.25, 0.3) is 0 Å². The molecule has 4 rings (SSSR count). The quantitative estimate of drug-likeness (QED) is 0.594. The van der Waals surface area contributed by atoms with E-state index in [1.807, 2.05) is 39.2 Å². The van der Waals surface area contributed by atoms with Crippen molar-refractivity contribution in [2.75, 3.05) is 18.0 Å². The Hall–Kier alpha value is -3.20. The number of piperidine rings is 1. The number of aromatic nitrogens is 3. The Morgan fingerprint density at radius 3 is 2.67 bits per heavy atom. The maximum absolute atomic E-state index is 7.39. The number of pyridine rings is 1. The summed E-state index contributed by atoms with van der Waals surface area (Å²) < 4.78 is 2.07. The van der Waals surface area contributed by atoms with Crippen molar-refractivity contribution in [1.29, 1.82) is 0 Å². The molecule has 3 aromatic rings. The number of anilines is 1. The summed E-state index contributed by atoms with van der Waals surface area (Å²) in [5, 5.41) is 1.02. The molecule has 0 radical (unpaired) electrons. The largest absolute Gasteiger partial charge is 0.357 e. The normalized spacial score (nSPS) is 16.0. The van der Waals surface area contributed by atoms with E-state index in [2.05, 4.69) is 33.4 Å². The van der Waals surface area contributed by atoms with Crippen molar-refractivity contribution < 1.29 is 0 Å². The third-order valence-corrected chi connectivity index (χ3v) is 6.14. The Balaban J connectivity index is 1.86. The van der Waals surface area contributed by atoms with Crippen LogP contribution in [0, 0.1) is 20.4 Å². The van der Waals surface area contributed by atoms with E-state index >= 15 is 0 Å². The maximum Gasteiger partial charge on any atom is 0.190 e. The van der Waals surface area contributed by atoms with Crippen LogP contribution in [0.1, 0.15) is 49.2 Å². The molecule has 6 nitrogen and oxygen atoms in total. The molecule has 0 amide bonds. The first kappa shape index (κ1) is 20.1. The van der Waals surface area contributed by atoms with Crippen LogP contribution in [0.4, 0.5) is 11.5 Å². The monoisotopic (exact) mass is 400 g/mol. The predicted molar refractivity (Wildman–Crippen MR) is 121 cm³/mol. The van der Waals surface area contributed by atoms with Crippen molar-refractivity contribution in [1.82, 2.24) is 14.5 Å². The molecule has 2 aromatic heterocycles. The molecule has 0 saturated carbocycles. The Bertz CT molecular complexity index is 1190. The summed E-state index contributed by atoms with van der Waals surface area (Å²) in [6.07, 6.45) is 5.67. The van der Waals surface area contributed by atoms with Gasteiger partial charge in [-0.1, -0.05) is 18.2 Å². The molecular weight excluding hydrogens is 372 g/mol. The van der Waals surface area contributed by atoms with Gasteiger partial charge in [-0.15, -0.1) is 0 Å². The summed E-state index contributed by atoms with van der Waals surface area (Å²) >= 11 is 0. The van der Waals surface area contributed by atoms with Crippen molar-refractivity contribution in [3.05, 3.63) is 64.3 Å². The first-order valence-electron chi connectivity index (χ1n) is 10.6. The van der Waals surface area contributed by atoms with Crippen LogP contribution in [0.25, 0.3) is 15.7 Å². The Morgan fingerprint density at radius 2 is 1.93 bits per heavy atom. The average Bonchev–Trinajstić information content (AvgIpc) is 2.77. The Kier molecular flexibility index (Phi) is 5.54. The number of nitrogens with zero attached hydrogens (tertiary/aromatic N) is 6. The highest BCUT2D eigenvalue weighted by Gasteiger charge is 2.15. The number of hydrogen-bond acceptors (Lipinski definition) is 4. The molecule has 1 aliphatic heterocycles. The van der Waals surface area contributed by atoms with E-state index in [4.69, 9.17) is 21.5 Å². The first-order valence-corrected chi connectivity index (χ1v) is 10.6. The first-order chi connectivity index (χ1) is 14.5. The SMILES string of the molecule is [C-]#[N+]c1cccc([C@@H](C)N=c2nc(C)n(C)c3cnc(N4CCCCC4)cc23)c1C. The zero-order valence-electron chi connectivity index (χ0n) is 18.2. The van der Waals surface area contributed by atoms with Gasteiger partial charge in [0.1, 0.15) is 11.6 Å². The van der Waals surface area contributed by atoms with Gasteiger partial charge in [0.2, 0.25) is 0 Å². The molecular formula is C24H28N6. The summed E-state index contributed by atoms with van der Waals surface area (Å²) in [4.78, 5) is 20.6. The van der Waals surface area contributed by atoms with Gasteiger partial charge >= 0.3 is 0 Å². The lowest BCUT2D eigenvalue weighted by molar-refractivity contribution is 0.573. The highest BCUT2D eigenvalue weighted by molar-refractivity contribution is 5.80. The second-order valence-corrected chi connectivity index (χ2v) is 8.06. The minimum absolute atomic E-state index is 0.0962. The van der Waals surface area contributed by atoms with Gasteiger partial charge < -0.3 is 9.47 Å². The van der Waals surface area contributed by atoms with E-state index in [0.29, 0.717) is 5.69 Å². The van der Waals surface area contributed by atoms with Gasteiger partial charge in [-0.2, -0.15) is 0 Å². The van der Waals surface area contributed by atoms with E-state index in [1.165, 1.54) is 19.3 Å². The number of benzene rings is 1. The number of rotatable bonds is 3. The summed E-state index contributed by atoms with van der Waals surface area (Å²) in [7, 11) is 2.02. The minimum Gasteiger partial charge on any atom is -0.357 e. The van der Waals surface area contributed by atoms with Crippen LogP contribution in [0.2, 0.25) is 0 Å². The predicted octanol–water partition coefficient (Wildman–Crippen LogP) is 4.79. The highest BCUT2D eigenvalue weighted by atomic mass is 15.2. The zero-order chi connectivity index (χ0) is 21.3. The molecule has 0 aliphatic carbocycles. The van der Waals surface area contributed by atoms with Crippen LogP contribution in [0.5, 0.6) is 0 Å². The van der Waals surface area contributed by atoms with Crippen LogP contribution in [-0.4, -0.2) is 27.6 Å². The van der Waals surface area contributed by atoms with Gasteiger partial charge in [0.15, 0.2) is 11.2 Å². The van der Waals surface area contributed by atoms with Crippen molar-refractivity contribution in [2.45, 2.75) is 46.1 Å². The summed E-state index contributed by atoms with van der Waals surface area (Å²) in [5.74, 6) is 1.90. The van der Waals surface area contributed by atoms with Crippen molar-refractivity contribution in [3.8, 4) is 0 Å². The third kappa shape index (κ3) is 3.68. The van der Waals surface area contributed by atoms with E-state index in [0.717, 1.165) is 52.2 Å². The molecule has 0 spiro atoms. The summed E-state index contributed by atoms with van der Waals surface area (Å²) in [5.41, 5.74) is 4.50. The number of fused-ring (bicyclic) bond motifs is 1. The maximum atomic E-state index is 7.39. The molecule has 1 aliphatic rings. The summed E-state index contributed by atoms with van der Waals surface area (Å²) in [6.45, 7) is 15.5. The molecule has 1 fully saturated rings. The molecule has 0 N–H and O–H groups in total. The molecule has 1 aromatic carbocycles. The molecule has 0 unspecified atom stereocenters. The Labute approximate surface area is 177 Å². The minimum atomic E-state index is -0.0962. The highest BCUT2D eigenvalue weighted by Crippen LogP contribution is 2.28. The number of aryl methyl sites for hydroxylation is 2. The topological polar surface area (TPSA) is 50.7 Å². The fraction of sp³-hybridized carbons (Fsp3) is 0.417. The lowest BCUT2D eigenvalue weighted by Crippen LogP contribution is -2.30. The summed E-state index contributed by atoms with van der Waals surface area (Å²) in [6, 6.07) is 7.89. The fourth-order valence-corrected chi connectivity index (χ4v) is 4.21. The second-order valence-electron chi connectivity index (χ2n) is 8.06. The lowest BCUT2D eigenvalue weighted by Gasteiger charge is -2.28. The Morgan fingerprint density at radius 1 is 1.17 bits per heavy atom. The molecule has 154 valence electrons. The van der Waals surface area contributed by atoms with Gasteiger partial charge in [0.05, 0.1) is 24.3 Å². The van der Waals surface area contributed by atoms with Crippen LogP contribution in [0.3, 0.4) is 0 Å². The van der Waals surface area contributed by atoms with Gasteiger partial charge in [0, 0.05) is 25.5 Å². The van der Waals surface area contributed by atoms with Crippen LogP contribution in [-0.2, 0) is 7.05 Å². The van der Waals surface area contributed by atoms with Crippen LogP contribution < -0.4 is 10.4 Å². The van der Waals surface area contributed by atoms with Crippen molar-refractivity contribution in [2.24, 2.45) is 12.0 Å². The molecule has 30 heavy (non-hydrogen) atoms. The van der Waals surface area contributed by atoms with Gasteiger partial charge in [-0.3, -0.25) is 4.99 Å². The van der Waals surface area contributed by atoms with Crippen LogP contribution in [0.15, 0.2) is 35.5 Å². The molecule has 6 heteroatoms. The van der Waals surface area contributed by atoms with E-state index in [-0.39, 0.29) is 6.04 Å². The third-order valence-electron chi connectivity index (χ3n) is 6.14. The van der Waals surface area contributed by atoms with Gasteiger partial charge in [-0.25, -0.2) is 14.8 Å². The van der Waals surface area contributed by atoms with E-state index in [9.17, 15) is 0 Å². The molecule has 0 bridgehead atoms. The zero-order valence-corrected chi connectivity index (χ0v) is 18.2. The van der Waals surface area contributed by atoms with E-state index in [1.54, 1.807) is 0 Å². The van der Waals surface area contributed by atoms with Crippen molar-refractivity contribution in [3.63, 3.8) is 0 Å². The molecule has 1 atom stereocenters. The second kappa shape index (κ2) is 8.27. The standard InChI is InChI=1S/C24H28N6/c1-16-19(10-9-11-21(16)25-4)17(2)27-24-20-14-23(30-12-7-6-8-13-30)26-15-22(20)29(5)18(3)28-24/h9-11,14-15,17H,6-8,12-13H2,1-3,5H3/t17-/m1/s1. The lowest BCUT2D eigenvalue weighted by atomic mass is 10.0. The van der Waals surface area contributed by atoms with Crippen molar-refractivity contribution >= 4 is 22.4 Å².